The summed E-state index contributed by atoms with van der Waals surface area (Å²) in [5.41, 5.74) is 1.55. The number of hydrogen-bond acceptors (Lipinski definition) is 7. The van der Waals surface area contributed by atoms with Crippen molar-refractivity contribution in [3.05, 3.63) is 36.0 Å². The fraction of sp³-hybridized carbons (Fsp3) is 0.545. The van der Waals surface area contributed by atoms with Crippen molar-refractivity contribution in [1.82, 2.24) is 15.4 Å². The predicted octanol–water partition coefficient (Wildman–Crippen LogP) is 0.936. The standard InChI is InChI=1S/C22H32N3O8P/c1-11(2)8-16(25-34(32)22(31)19(27)18(26)12(3)33-34)20(28)24-17(21(29)30)9-13-10-23-15-7-5-4-6-14(13)15/h4-7,10-12,16-19,22-23,26-27,31H,8-9H2,1-3H3,(H,24,28)(H,25,32)(H,29,30)/t12?,16-,17-,18?,19?,22?,34?/m0/s1. The van der Waals surface area contributed by atoms with Gasteiger partial charge < -0.3 is 35.3 Å². The zero-order valence-electron chi connectivity index (χ0n) is 19.2. The van der Waals surface area contributed by atoms with E-state index in [-0.39, 0.29) is 18.8 Å². The van der Waals surface area contributed by atoms with Gasteiger partial charge in [-0.15, -0.1) is 0 Å². The lowest BCUT2D eigenvalue weighted by molar-refractivity contribution is -0.142. The number of nitrogens with one attached hydrogen (secondary N) is 3. The van der Waals surface area contributed by atoms with Gasteiger partial charge in [0.15, 0.2) is 5.85 Å². The predicted molar refractivity (Wildman–Crippen MR) is 124 cm³/mol. The molecule has 12 heteroatoms. The van der Waals surface area contributed by atoms with Crippen LogP contribution in [0.15, 0.2) is 30.5 Å². The topological polar surface area (TPSA) is 181 Å². The van der Waals surface area contributed by atoms with Crippen molar-refractivity contribution in [3.8, 4) is 0 Å². The summed E-state index contributed by atoms with van der Waals surface area (Å²) < 4.78 is 18.6. The van der Waals surface area contributed by atoms with Crippen molar-refractivity contribution < 1.29 is 39.1 Å². The Kier molecular flexibility index (Phi) is 8.18. The number of hydrogen-bond donors (Lipinski definition) is 7. The molecule has 1 amide bonds. The summed E-state index contributed by atoms with van der Waals surface area (Å²) in [7, 11) is -4.19. The van der Waals surface area contributed by atoms with Crippen LogP contribution in [0.3, 0.4) is 0 Å². The van der Waals surface area contributed by atoms with Gasteiger partial charge in [0, 0.05) is 23.5 Å². The highest BCUT2D eigenvalue weighted by atomic mass is 31.2. The highest BCUT2D eigenvalue weighted by molar-refractivity contribution is 7.57. The van der Waals surface area contributed by atoms with Gasteiger partial charge in [0.05, 0.1) is 12.1 Å². The summed E-state index contributed by atoms with van der Waals surface area (Å²) >= 11 is 0. The first kappa shape index (κ1) is 26.3. The summed E-state index contributed by atoms with van der Waals surface area (Å²) in [6.45, 7) is 5.02. The fourth-order valence-electron chi connectivity index (χ4n) is 4.03. The Labute approximate surface area is 197 Å². The number of fused-ring (bicyclic) bond motifs is 1. The third kappa shape index (κ3) is 5.68. The number of rotatable bonds is 9. The molecule has 3 rings (SSSR count). The molecule has 2 heterocycles. The van der Waals surface area contributed by atoms with Gasteiger partial charge in [-0.05, 0) is 30.9 Å². The number of aromatic nitrogens is 1. The first-order chi connectivity index (χ1) is 15.9. The molecule has 0 aliphatic carbocycles. The zero-order valence-corrected chi connectivity index (χ0v) is 20.1. The number of carbonyl (C=O) groups excluding carboxylic acids is 1. The average molecular weight is 497 g/mol. The van der Waals surface area contributed by atoms with Crippen LogP contribution in [0.5, 0.6) is 0 Å². The van der Waals surface area contributed by atoms with Gasteiger partial charge in [0.2, 0.25) is 5.91 Å². The Bertz CT molecular complexity index is 1070. The number of aliphatic hydroxyl groups is 3. The maximum Gasteiger partial charge on any atom is 0.326 e. The van der Waals surface area contributed by atoms with Gasteiger partial charge in [0.1, 0.15) is 18.2 Å². The Morgan fingerprint density at radius 3 is 2.47 bits per heavy atom. The number of para-hydroxylation sites is 1. The lowest BCUT2D eigenvalue weighted by Crippen LogP contribution is -2.55. The molecule has 1 saturated heterocycles. The zero-order chi connectivity index (χ0) is 25.2. The highest BCUT2D eigenvalue weighted by Crippen LogP contribution is 2.54. The third-order valence-electron chi connectivity index (χ3n) is 5.88. The molecule has 1 aliphatic heterocycles. The molecular weight excluding hydrogens is 465 g/mol. The molecule has 0 bridgehead atoms. The van der Waals surface area contributed by atoms with E-state index in [4.69, 9.17) is 4.52 Å². The van der Waals surface area contributed by atoms with E-state index >= 15 is 0 Å². The van der Waals surface area contributed by atoms with Crippen molar-refractivity contribution in [3.63, 3.8) is 0 Å². The van der Waals surface area contributed by atoms with Gasteiger partial charge in [0.25, 0.3) is 0 Å². The van der Waals surface area contributed by atoms with E-state index in [2.05, 4.69) is 15.4 Å². The molecule has 0 spiro atoms. The number of benzene rings is 1. The summed E-state index contributed by atoms with van der Waals surface area (Å²) in [4.78, 5) is 28.1. The maximum atomic E-state index is 13.3. The van der Waals surface area contributed by atoms with E-state index in [1.165, 1.54) is 6.92 Å². The molecule has 1 aromatic heterocycles. The van der Waals surface area contributed by atoms with Crippen LogP contribution in [0.4, 0.5) is 0 Å². The van der Waals surface area contributed by atoms with E-state index in [9.17, 15) is 34.6 Å². The molecule has 7 N–H and O–H groups in total. The van der Waals surface area contributed by atoms with Crippen LogP contribution in [0.1, 0.15) is 32.8 Å². The molecule has 188 valence electrons. The monoisotopic (exact) mass is 497 g/mol. The Hall–Kier alpha value is -2.27. The number of amides is 1. The van der Waals surface area contributed by atoms with Crippen LogP contribution in [0.25, 0.3) is 10.9 Å². The molecule has 1 aromatic carbocycles. The van der Waals surface area contributed by atoms with Crippen LogP contribution >= 0.6 is 7.52 Å². The number of aromatic amines is 1. The van der Waals surface area contributed by atoms with Gasteiger partial charge >= 0.3 is 13.5 Å². The molecule has 0 saturated carbocycles. The molecule has 7 atom stereocenters. The lowest BCUT2D eigenvalue weighted by atomic mass is 10.0. The van der Waals surface area contributed by atoms with Crippen LogP contribution in [-0.4, -0.2) is 73.5 Å². The summed E-state index contributed by atoms with van der Waals surface area (Å²) in [6, 6.07) is 4.93. The smallest absolute Gasteiger partial charge is 0.326 e. The Balaban J connectivity index is 1.79. The van der Waals surface area contributed by atoms with Gasteiger partial charge in [-0.1, -0.05) is 32.0 Å². The molecule has 1 fully saturated rings. The number of carboxylic acid groups (broad SMARTS) is 1. The summed E-state index contributed by atoms with van der Waals surface area (Å²) in [5, 5.41) is 45.8. The third-order valence-corrected chi connectivity index (χ3v) is 8.20. The van der Waals surface area contributed by atoms with E-state index in [0.717, 1.165) is 10.9 Å². The summed E-state index contributed by atoms with van der Waals surface area (Å²) in [5.74, 6) is -4.00. The second-order valence-electron chi connectivity index (χ2n) is 9.08. The van der Waals surface area contributed by atoms with E-state index in [1.807, 2.05) is 38.1 Å². The number of carbonyl (C=O) groups is 2. The lowest BCUT2D eigenvalue weighted by Gasteiger charge is -2.40. The van der Waals surface area contributed by atoms with Crippen molar-refractivity contribution >= 4 is 30.3 Å². The van der Waals surface area contributed by atoms with Crippen molar-refractivity contribution in [2.45, 2.75) is 69.9 Å². The largest absolute Gasteiger partial charge is 0.480 e. The molecular formula is C22H32N3O8P. The van der Waals surface area contributed by atoms with E-state index in [0.29, 0.717) is 5.56 Å². The molecule has 11 nitrogen and oxygen atoms in total. The van der Waals surface area contributed by atoms with Crippen LogP contribution < -0.4 is 10.4 Å². The molecule has 1 aliphatic rings. The maximum absolute atomic E-state index is 13.3. The van der Waals surface area contributed by atoms with Crippen LogP contribution in [0, 0.1) is 5.92 Å². The minimum absolute atomic E-state index is 0.0121. The first-order valence-electron chi connectivity index (χ1n) is 11.1. The minimum Gasteiger partial charge on any atom is -0.480 e. The quantitative estimate of drug-likeness (QED) is 0.248. The molecule has 0 radical (unpaired) electrons. The normalized spacial score (nSPS) is 29.1. The average Bonchev–Trinajstić information content (AvgIpc) is 3.18. The van der Waals surface area contributed by atoms with E-state index < -0.39 is 55.6 Å². The van der Waals surface area contributed by atoms with Crippen LogP contribution in [0.2, 0.25) is 0 Å². The van der Waals surface area contributed by atoms with Crippen molar-refractivity contribution in [2.24, 2.45) is 5.92 Å². The molecule has 5 unspecified atom stereocenters. The van der Waals surface area contributed by atoms with Crippen molar-refractivity contribution in [2.75, 3.05) is 0 Å². The Morgan fingerprint density at radius 2 is 1.82 bits per heavy atom. The van der Waals surface area contributed by atoms with Gasteiger partial charge in [-0.2, -0.15) is 0 Å². The van der Waals surface area contributed by atoms with Crippen molar-refractivity contribution in [1.29, 1.82) is 0 Å². The number of aliphatic hydroxyl groups excluding tert-OH is 3. The number of aliphatic carboxylic acids is 1. The second kappa shape index (κ2) is 10.6. The van der Waals surface area contributed by atoms with Gasteiger partial charge in [-0.25, -0.2) is 9.88 Å². The first-order valence-corrected chi connectivity index (χ1v) is 12.8. The Morgan fingerprint density at radius 1 is 1.15 bits per heavy atom. The molecule has 2 aromatic rings. The number of carboxylic acids is 1. The number of H-pyrrole nitrogens is 1. The SMILES string of the molecule is CC(C)C[C@H](NP1(=O)OC(C)C(O)C(O)C1O)C(=O)N[C@@H](Cc1c[nH]c2ccccc12)C(=O)O. The van der Waals surface area contributed by atoms with Gasteiger partial charge in [-0.3, -0.25) is 9.36 Å². The fourth-order valence-corrected chi connectivity index (χ4v) is 6.23. The molecule has 34 heavy (non-hydrogen) atoms. The van der Waals surface area contributed by atoms with Crippen LogP contribution in [-0.2, 0) is 25.1 Å². The van der Waals surface area contributed by atoms with E-state index in [1.54, 1.807) is 6.20 Å². The highest BCUT2D eigenvalue weighted by Gasteiger charge is 2.51. The minimum atomic E-state index is -4.19. The second-order valence-corrected chi connectivity index (χ2v) is 11.3. The summed E-state index contributed by atoms with van der Waals surface area (Å²) in [6.07, 6.45) is -2.40.